The van der Waals surface area contributed by atoms with Gasteiger partial charge in [0.1, 0.15) is 0 Å². The number of rotatable bonds is 8. The maximum Gasteiger partial charge on any atom is 0.250 e. The summed E-state index contributed by atoms with van der Waals surface area (Å²) in [5.74, 6) is 0. The Hall–Kier alpha value is -1.17. The van der Waals surface area contributed by atoms with Gasteiger partial charge >= 0.3 is 0 Å². The molecule has 1 aliphatic heterocycles. The van der Waals surface area contributed by atoms with Crippen LogP contribution in [0.1, 0.15) is 12.8 Å². The summed E-state index contributed by atoms with van der Waals surface area (Å²) < 4.78 is 6.82. The zero-order chi connectivity index (χ0) is 14.2. The van der Waals surface area contributed by atoms with Crippen LogP contribution in [0.5, 0.6) is 0 Å². The quantitative estimate of drug-likeness (QED) is 0.706. The Morgan fingerprint density at radius 3 is 3.10 bits per heavy atom. The van der Waals surface area contributed by atoms with E-state index in [2.05, 4.69) is 10.2 Å². The van der Waals surface area contributed by atoms with E-state index in [0.29, 0.717) is 6.04 Å². The summed E-state index contributed by atoms with van der Waals surface area (Å²) in [5, 5.41) is 3.43. The number of methoxy groups -OCH3 is 1. The van der Waals surface area contributed by atoms with E-state index in [1.54, 1.807) is 23.8 Å². The predicted molar refractivity (Wildman–Crippen MR) is 80.0 cm³/mol. The van der Waals surface area contributed by atoms with Crippen molar-refractivity contribution in [3.63, 3.8) is 0 Å². The Balaban J connectivity index is 1.76. The highest BCUT2D eigenvalue weighted by Gasteiger charge is 2.23. The third-order valence-corrected chi connectivity index (χ3v) is 3.89. The fourth-order valence-corrected chi connectivity index (χ4v) is 2.75. The van der Waals surface area contributed by atoms with E-state index < -0.39 is 0 Å². The van der Waals surface area contributed by atoms with Crippen LogP contribution in [0.15, 0.2) is 29.2 Å². The molecular formula is C15H25N3O2. The molecule has 0 radical (unpaired) electrons. The number of hydrogen-bond donors (Lipinski definition) is 1. The molecule has 1 aliphatic rings. The average molecular weight is 279 g/mol. The van der Waals surface area contributed by atoms with E-state index >= 15 is 0 Å². The predicted octanol–water partition coefficient (Wildman–Crippen LogP) is 0.549. The molecule has 0 saturated carbocycles. The second-order valence-electron chi connectivity index (χ2n) is 5.26. The number of aromatic nitrogens is 1. The molecule has 0 aliphatic carbocycles. The average Bonchev–Trinajstić information content (AvgIpc) is 2.90. The molecule has 1 saturated heterocycles. The van der Waals surface area contributed by atoms with Gasteiger partial charge in [0.15, 0.2) is 0 Å². The first-order valence-electron chi connectivity index (χ1n) is 7.40. The van der Waals surface area contributed by atoms with Crippen LogP contribution < -0.4 is 10.9 Å². The van der Waals surface area contributed by atoms with E-state index in [0.717, 1.165) is 39.3 Å². The Labute approximate surface area is 120 Å². The minimum Gasteiger partial charge on any atom is -0.383 e. The molecular weight excluding hydrogens is 254 g/mol. The Morgan fingerprint density at radius 2 is 2.30 bits per heavy atom. The van der Waals surface area contributed by atoms with Gasteiger partial charge in [-0.2, -0.15) is 0 Å². The monoisotopic (exact) mass is 279 g/mol. The molecule has 5 nitrogen and oxygen atoms in total. The van der Waals surface area contributed by atoms with Crippen LogP contribution in [-0.2, 0) is 11.3 Å². The fourth-order valence-electron chi connectivity index (χ4n) is 2.75. The van der Waals surface area contributed by atoms with Gasteiger partial charge in [-0.1, -0.05) is 6.07 Å². The van der Waals surface area contributed by atoms with Crippen LogP contribution in [-0.4, -0.2) is 55.4 Å². The second-order valence-corrected chi connectivity index (χ2v) is 5.26. The lowest BCUT2D eigenvalue weighted by Gasteiger charge is -2.25. The highest BCUT2D eigenvalue weighted by atomic mass is 16.5. The van der Waals surface area contributed by atoms with Gasteiger partial charge < -0.3 is 14.6 Å². The van der Waals surface area contributed by atoms with Crippen molar-refractivity contribution < 1.29 is 4.74 Å². The molecule has 1 fully saturated rings. The molecule has 1 aromatic rings. The van der Waals surface area contributed by atoms with Crippen molar-refractivity contribution in [2.75, 3.05) is 39.9 Å². The molecule has 0 spiro atoms. The zero-order valence-electron chi connectivity index (χ0n) is 12.3. The normalized spacial score (nSPS) is 19.6. The van der Waals surface area contributed by atoms with E-state index in [1.807, 2.05) is 12.3 Å². The minimum atomic E-state index is 0.0847. The lowest BCUT2D eigenvalue weighted by atomic mass is 10.2. The van der Waals surface area contributed by atoms with E-state index in [9.17, 15) is 4.79 Å². The molecule has 2 rings (SSSR count). The van der Waals surface area contributed by atoms with Crippen LogP contribution in [0.4, 0.5) is 0 Å². The summed E-state index contributed by atoms with van der Waals surface area (Å²) in [6.45, 7) is 5.52. The van der Waals surface area contributed by atoms with E-state index in [-0.39, 0.29) is 5.56 Å². The lowest BCUT2D eigenvalue weighted by molar-refractivity contribution is 0.191. The third kappa shape index (κ3) is 4.44. The van der Waals surface area contributed by atoms with Gasteiger partial charge in [-0.25, -0.2) is 0 Å². The van der Waals surface area contributed by atoms with Gasteiger partial charge in [0.25, 0.3) is 5.56 Å². The van der Waals surface area contributed by atoms with E-state index in [1.165, 1.54) is 12.8 Å². The fraction of sp³-hybridized carbons (Fsp3) is 0.667. The number of nitrogens with zero attached hydrogens (tertiary/aromatic N) is 2. The molecule has 5 heteroatoms. The zero-order valence-corrected chi connectivity index (χ0v) is 12.3. The second kappa shape index (κ2) is 8.19. The standard InChI is InChI=1S/C15H25N3O2/c1-20-12-7-16-13-14-5-4-9-17(14)10-11-18-8-3-2-6-15(18)19/h2-3,6,8,14,16H,4-5,7,9-13H2,1H3. The van der Waals surface area contributed by atoms with Crippen molar-refractivity contribution >= 4 is 0 Å². The third-order valence-electron chi connectivity index (χ3n) is 3.89. The maximum absolute atomic E-state index is 11.7. The summed E-state index contributed by atoms with van der Waals surface area (Å²) in [4.78, 5) is 14.2. The topological polar surface area (TPSA) is 46.5 Å². The summed E-state index contributed by atoms with van der Waals surface area (Å²) in [5.41, 5.74) is 0.0847. The van der Waals surface area contributed by atoms with Gasteiger partial charge in [-0.05, 0) is 25.5 Å². The van der Waals surface area contributed by atoms with Crippen molar-refractivity contribution in [3.05, 3.63) is 34.7 Å². The Bertz CT molecular complexity index is 447. The van der Waals surface area contributed by atoms with Crippen LogP contribution >= 0.6 is 0 Å². The van der Waals surface area contributed by atoms with Crippen molar-refractivity contribution in [2.45, 2.75) is 25.4 Å². The summed E-state index contributed by atoms with van der Waals surface area (Å²) in [6.07, 6.45) is 4.36. The number of nitrogens with one attached hydrogen (secondary N) is 1. The molecule has 0 amide bonds. The summed E-state index contributed by atoms with van der Waals surface area (Å²) in [7, 11) is 1.72. The first-order chi connectivity index (χ1) is 9.81. The molecule has 1 N–H and O–H groups in total. The molecule has 112 valence electrons. The Morgan fingerprint density at radius 1 is 1.40 bits per heavy atom. The first kappa shape index (κ1) is 15.2. The smallest absolute Gasteiger partial charge is 0.250 e. The number of pyridine rings is 1. The number of likely N-dealkylation sites (tertiary alicyclic amines) is 1. The van der Waals surface area contributed by atoms with Gasteiger partial charge in [0.2, 0.25) is 0 Å². The van der Waals surface area contributed by atoms with Crippen molar-refractivity contribution in [1.82, 2.24) is 14.8 Å². The first-order valence-corrected chi connectivity index (χ1v) is 7.40. The SMILES string of the molecule is COCCNCC1CCCN1CCn1ccccc1=O. The van der Waals surface area contributed by atoms with Gasteiger partial charge in [-0.3, -0.25) is 9.69 Å². The molecule has 20 heavy (non-hydrogen) atoms. The highest BCUT2D eigenvalue weighted by molar-refractivity contribution is 4.93. The summed E-state index contributed by atoms with van der Waals surface area (Å²) >= 11 is 0. The van der Waals surface area contributed by atoms with Crippen LogP contribution in [0.2, 0.25) is 0 Å². The highest BCUT2D eigenvalue weighted by Crippen LogP contribution is 2.16. The van der Waals surface area contributed by atoms with Crippen LogP contribution in [0, 0.1) is 0 Å². The largest absolute Gasteiger partial charge is 0.383 e. The lowest BCUT2D eigenvalue weighted by Crippen LogP contribution is -2.40. The minimum absolute atomic E-state index is 0.0847. The van der Waals surface area contributed by atoms with Gasteiger partial charge in [-0.15, -0.1) is 0 Å². The number of ether oxygens (including phenoxy) is 1. The van der Waals surface area contributed by atoms with Gasteiger partial charge in [0.05, 0.1) is 6.61 Å². The van der Waals surface area contributed by atoms with E-state index in [4.69, 9.17) is 4.74 Å². The maximum atomic E-state index is 11.7. The van der Waals surface area contributed by atoms with Crippen LogP contribution in [0.3, 0.4) is 0 Å². The molecule has 0 bridgehead atoms. The van der Waals surface area contributed by atoms with Crippen molar-refractivity contribution in [2.24, 2.45) is 0 Å². The summed E-state index contributed by atoms with van der Waals surface area (Å²) in [6, 6.07) is 5.91. The van der Waals surface area contributed by atoms with Crippen molar-refractivity contribution in [3.8, 4) is 0 Å². The molecule has 2 heterocycles. The number of hydrogen-bond acceptors (Lipinski definition) is 4. The van der Waals surface area contributed by atoms with Gasteiger partial charge in [0, 0.05) is 51.6 Å². The molecule has 1 atom stereocenters. The van der Waals surface area contributed by atoms with Crippen molar-refractivity contribution in [1.29, 1.82) is 0 Å². The molecule has 1 unspecified atom stereocenters. The van der Waals surface area contributed by atoms with Crippen LogP contribution in [0.25, 0.3) is 0 Å². The Kier molecular flexibility index (Phi) is 6.24. The molecule has 0 aromatic carbocycles. The molecule has 1 aromatic heterocycles.